The van der Waals surface area contributed by atoms with Crippen molar-refractivity contribution in [1.82, 2.24) is 0 Å². The Bertz CT molecular complexity index is 1190. The van der Waals surface area contributed by atoms with E-state index in [-0.39, 0.29) is 92.6 Å². The topological polar surface area (TPSA) is 138 Å². The van der Waals surface area contributed by atoms with Crippen molar-refractivity contribution in [3.8, 4) is 0 Å². The number of rotatable bonds is 23. The predicted molar refractivity (Wildman–Crippen MR) is 202 cm³/mol. The first-order valence-electron chi connectivity index (χ1n) is 15.1. The molecule has 0 aliphatic carbocycles. The molecule has 0 fully saturated rings. The molecule has 0 amide bonds. The summed E-state index contributed by atoms with van der Waals surface area (Å²) in [7, 11) is 30.7. The molecular formula is C26H42B9NO7P2S. The third kappa shape index (κ3) is 18.9. The van der Waals surface area contributed by atoms with Gasteiger partial charge in [-0.05, 0) is 20.8 Å². The van der Waals surface area contributed by atoms with Crippen molar-refractivity contribution in [1.29, 1.82) is 0 Å². The second-order valence-corrected chi connectivity index (χ2v) is 19.6. The average molecular weight is 672 g/mol. The first kappa shape index (κ1) is 45.6. The zero-order valence-corrected chi connectivity index (χ0v) is 30.5. The number of ketones is 5. The molecule has 0 spiro atoms. The Balaban J connectivity index is 5.80. The van der Waals surface area contributed by atoms with E-state index in [1.807, 2.05) is 0 Å². The van der Waals surface area contributed by atoms with Crippen LogP contribution in [0, 0.1) is 11.8 Å². The molecule has 5 atom stereocenters. The summed E-state index contributed by atoms with van der Waals surface area (Å²) in [5.74, 6) is -4.76. The molecule has 0 rings (SSSR count). The number of hydrogen-bond acceptors (Lipinski definition) is 8. The minimum atomic E-state index is -2.39. The number of Topliss-reactive ketones (excluding diaryl/α,β-unsaturated/α-hetero) is 5. The van der Waals surface area contributed by atoms with Gasteiger partial charge in [-0.15, -0.1) is 0 Å². The van der Waals surface area contributed by atoms with Crippen molar-refractivity contribution >= 4 is 123 Å². The number of nitrogens with two attached hydrogens (primary N) is 1. The van der Waals surface area contributed by atoms with Crippen molar-refractivity contribution in [2.24, 2.45) is 17.6 Å². The summed E-state index contributed by atoms with van der Waals surface area (Å²) in [6, 6.07) is 1.39. The predicted octanol–water partition coefficient (Wildman–Crippen LogP) is 0.776. The Kier molecular flexibility index (Phi) is 22.1. The Labute approximate surface area is 288 Å². The van der Waals surface area contributed by atoms with Crippen LogP contribution in [0.2, 0.25) is 0 Å². The van der Waals surface area contributed by atoms with Crippen LogP contribution in [0.5, 0.6) is 0 Å². The molecule has 46 heavy (non-hydrogen) atoms. The standard InChI is InChI=1S/C26H42B9NO7P2S/c1-26(2,3)43-25(42)22(36)11-10-20(38)13-18(24(41)16-46(33-27,34-28)35(29)30)6-8-19(37)12-17(23(40)15-45(5)32)7-9-21(39)14-44(4)31/h17-18,22H,6-16,36H2,1-5H3. The second-order valence-electron chi connectivity index (χ2n) is 12.7. The monoisotopic (exact) mass is 673 g/mol. The summed E-state index contributed by atoms with van der Waals surface area (Å²) in [6.07, 6.45) is 0.173. The Morgan fingerprint density at radius 1 is 0.783 bits per heavy atom. The van der Waals surface area contributed by atoms with Gasteiger partial charge < -0.3 is 0 Å². The van der Waals surface area contributed by atoms with Gasteiger partial charge >= 0.3 is 221 Å². The zero-order chi connectivity index (χ0) is 35.8. The van der Waals surface area contributed by atoms with Gasteiger partial charge in [-0.25, -0.2) is 0 Å². The summed E-state index contributed by atoms with van der Waals surface area (Å²) in [6.45, 7) is 8.63. The van der Waals surface area contributed by atoms with E-state index < -0.39 is 65.3 Å². The molecule has 2 N–H and O–H groups in total. The quantitative estimate of drug-likeness (QED) is 0.0956. The molecule has 0 aromatic carbocycles. The fourth-order valence-electron chi connectivity index (χ4n) is 4.51. The van der Waals surface area contributed by atoms with Crippen LogP contribution < -0.4 is 5.73 Å². The van der Waals surface area contributed by atoms with Gasteiger partial charge in [0.05, 0.1) is 0 Å². The van der Waals surface area contributed by atoms with Gasteiger partial charge in [0.1, 0.15) is 15.1 Å². The van der Waals surface area contributed by atoms with E-state index in [1.165, 1.54) is 12.1 Å². The zero-order valence-electron chi connectivity index (χ0n) is 27.9. The van der Waals surface area contributed by atoms with E-state index >= 15 is 0 Å². The first-order chi connectivity index (χ1) is 21.2. The molecular weight excluding hydrogens is 630 g/mol. The first-order valence-corrected chi connectivity index (χ1v) is 21.2. The molecule has 0 saturated carbocycles. The number of esters is 1. The maximum absolute atomic E-state index is 13.5. The van der Waals surface area contributed by atoms with Crippen LogP contribution in [0.4, 0.5) is 0 Å². The summed E-state index contributed by atoms with van der Waals surface area (Å²) in [4.78, 5) is 77.1. The second kappa shape index (κ2) is 22.3. The maximum atomic E-state index is 13.5. The molecule has 0 heterocycles. The van der Waals surface area contributed by atoms with Gasteiger partial charge in [0, 0.05) is 6.16 Å². The summed E-state index contributed by atoms with van der Waals surface area (Å²) < 4.78 is 5.26. The van der Waals surface area contributed by atoms with Crippen molar-refractivity contribution in [2.75, 3.05) is 31.4 Å². The molecule has 20 heteroatoms. The minimum absolute atomic E-state index is 0.0104. The van der Waals surface area contributed by atoms with Crippen LogP contribution in [0.25, 0.3) is 0 Å². The molecule has 5 unspecified atom stereocenters. The molecule has 12 radical (unpaired) electrons. The number of hydrogen-bond donors (Lipinski definition) is 1. The number of ether oxygens (including phenoxy) is 1. The van der Waals surface area contributed by atoms with Crippen LogP contribution >= 0.6 is 24.3 Å². The van der Waals surface area contributed by atoms with Crippen LogP contribution in [0.3, 0.4) is 0 Å². The molecule has 0 bridgehead atoms. The van der Waals surface area contributed by atoms with E-state index in [2.05, 4.69) is 0 Å². The SMILES string of the molecule is [B]B=S(=B[B])(CC(=O)C(CCC(=O)CC(CCC(=O)CP([B])C)C(=O)CP([B])C)CC(=O)CCC(N)C(=O)OC(C)(C)C)B([B])[B]. The fourth-order valence-corrected chi connectivity index (χ4v) is 7.54. The third-order valence-corrected chi connectivity index (χ3v) is 11.6. The Morgan fingerprint density at radius 3 is 1.63 bits per heavy atom. The van der Waals surface area contributed by atoms with E-state index in [0.717, 1.165) is 0 Å². The van der Waals surface area contributed by atoms with E-state index in [4.69, 9.17) is 56.6 Å². The van der Waals surface area contributed by atoms with E-state index in [1.54, 1.807) is 34.1 Å². The van der Waals surface area contributed by atoms with Gasteiger partial charge in [0.2, 0.25) is 0 Å². The summed E-state index contributed by atoms with van der Waals surface area (Å²) in [5, 5.41) is 0. The van der Waals surface area contributed by atoms with E-state index in [9.17, 15) is 28.8 Å². The van der Waals surface area contributed by atoms with Gasteiger partial charge in [0.25, 0.3) is 0 Å². The Morgan fingerprint density at radius 2 is 1.22 bits per heavy atom. The molecule has 8 nitrogen and oxygen atoms in total. The van der Waals surface area contributed by atoms with E-state index in [0.29, 0.717) is 0 Å². The van der Waals surface area contributed by atoms with Crippen molar-refractivity contribution in [3.05, 3.63) is 0 Å². The number of carbonyl (C=O) groups excluding carboxylic acids is 6. The average Bonchev–Trinajstić information content (AvgIpc) is 2.92. The van der Waals surface area contributed by atoms with Crippen molar-refractivity contribution in [2.45, 2.75) is 83.8 Å². The molecule has 0 aliphatic heterocycles. The summed E-state index contributed by atoms with van der Waals surface area (Å²) >= 11 is 0. The molecule has 236 valence electrons. The van der Waals surface area contributed by atoms with Gasteiger partial charge in [-0.3, -0.25) is 4.79 Å². The van der Waals surface area contributed by atoms with Gasteiger partial charge in [-0.2, -0.15) is 7.80 Å². The molecule has 0 aromatic rings. The fraction of sp³-hybridized carbons (Fsp3) is 0.769. The van der Waals surface area contributed by atoms with Gasteiger partial charge in [0.15, 0.2) is 0 Å². The van der Waals surface area contributed by atoms with Crippen molar-refractivity contribution < 1.29 is 33.5 Å². The van der Waals surface area contributed by atoms with Crippen LogP contribution in [0.15, 0.2) is 0 Å². The molecule has 0 aliphatic rings. The summed E-state index contributed by atoms with van der Waals surface area (Å²) in [5.41, 5.74) is 5.18. The third-order valence-electron chi connectivity index (χ3n) is 7.08. The normalized spacial score (nSPS) is 14.8. The van der Waals surface area contributed by atoms with Gasteiger partial charge in [-0.1, -0.05) is 13.3 Å². The van der Waals surface area contributed by atoms with Crippen molar-refractivity contribution in [3.63, 3.8) is 0 Å². The van der Waals surface area contributed by atoms with Crippen LogP contribution in [-0.2, 0) is 33.5 Å². The van der Waals surface area contributed by atoms with Crippen LogP contribution in [0.1, 0.15) is 72.1 Å². The van der Waals surface area contributed by atoms with Crippen LogP contribution in [-0.4, -0.2) is 142 Å². The molecule has 0 aromatic heterocycles. The number of carbonyl (C=O) groups is 6. The Hall–Kier alpha value is -0.426. The molecule has 0 saturated heterocycles.